The Labute approximate surface area is 123 Å². The number of rotatable bonds is 2. The maximum absolute atomic E-state index is 11.5. The van der Waals surface area contributed by atoms with E-state index in [1.807, 2.05) is 6.92 Å². The van der Waals surface area contributed by atoms with Crippen molar-refractivity contribution in [2.75, 3.05) is 6.61 Å². The summed E-state index contributed by atoms with van der Waals surface area (Å²) in [6.45, 7) is 6.82. The minimum atomic E-state index is -0.482. The summed E-state index contributed by atoms with van der Waals surface area (Å²) in [5.41, 5.74) is 10.7. The van der Waals surface area contributed by atoms with Crippen molar-refractivity contribution in [1.82, 2.24) is 10.2 Å². The molecule has 1 amide bonds. The van der Waals surface area contributed by atoms with Gasteiger partial charge in [0.05, 0.1) is 6.61 Å². The molecule has 5 nitrogen and oxygen atoms in total. The van der Waals surface area contributed by atoms with Crippen LogP contribution in [0.2, 0.25) is 0 Å². The number of primary amides is 1. The van der Waals surface area contributed by atoms with E-state index in [0.29, 0.717) is 24.6 Å². The fourth-order valence-corrected chi connectivity index (χ4v) is 2.88. The van der Waals surface area contributed by atoms with Crippen molar-refractivity contribution in [2.45, 2.75) is 33.1 Å². The van der Waals surface area contributed by atoms with Gasteiger partial charge in [-0.1, -0.05) is 26.0 Å². The number of carbonyl (C=O) groups is 1. The summed E-state index contributed by atoms with van der Waals surface area (Å²) in [5.74, 6) is 0.756. The molecule has 1 aromatic heterocycles. The molecule has 3 rings (SSSR count). The number of carbonyl (C=O) groups excluding carboxylic acids is 1. The lowest BCUT2D eigenvalue weighted by molar-refractivity contribution is 0.0994. The fraction of sp³-hybridized carbons (Fsp3) is 0.375. The van der Waals surface area contributed by atoms with Gasteiger partial charge in [0.25, 0.3) is 5.91 Å². The van der Waals surface area contributed by atoms with Gasteiger partial charge in [-0.2, -0.15) is 5.10 Å². The third-order valence-electron chi connectivity index (χ3n) is 3.97. The molecule has 0 unspecified atom stereocenters. The molecule has 0 fully saturated rings. The average molecular weight is 285 g/mol. The van der Waals surface area contributed by atoms with Crippen LogP contribution in [0.1, 0.15) is 46.9 Å². The smallest absolute Gasteiger partial charge is 0.267 e. The minimum Gasteiger partial charge on any atom is -0.492 e. The van der Waals surface area contributed by atoms with Gasteiger partial charge in [0, 0.05) is 17.5 Å². The summed E-state index contributed by atoms with van der Waals surface area (Å²) in [7, 11) is 0. The third-order valence-corrected chi connectivity index (χ3v) is 3.97. The van der Waals surface area contributed by atoms with Gasteiger partial charge in [-0.05, 0) is 24.0 Å². The van der Waals surface area contributed by atoms with Crippen molar-refractivity contribution in [3.63, 3.8) is 0 Å². The molecule has 0 bridgehead atoms. The van der Waals surface area contributed by atoms with E-state index in [-0.39, 0.29) is 0 Å². The van der Waals surface area contributed by atoms with Crippen LogP contribution in [0.4, 0.5) is 0 Å². The number of fused-ring (bicyclic) bond motifs is 3. The summed E-state index contributed by atoms with van der Waals surface area (Å²) in [5, 5.41) is 7.11. The van der Waals surface area contributed by atoms with Gasteiger partial charge < -0.3 is 10.5 Å². The second-order valence-electron chi connectivity index (χ2n) is 5.72. The predicted octanol–water partition coefficient (Wildman–Crippen LogP) is 2.54. The first-order valence-corrected chi connectivity index (χ1v) is 7.14. The van der Waals surface area contributed by atoms with Gasteiger partial charge in [-0.25, -0.2) is 0 Å². The number of nitrogens with two attached hydrogens (primary N) is 1. The Hall–Kier alpha value is -2.30. The van der Waals surface area contributed by atoms with E-state index in [9.17, 15) is 4.79 Å². The van der Waals surface area contributed by atoms with Crippen LogP contribution in [0.5, 0.6) is 5.75 Å². The van der Waals surface area contributed by atoms with E-state index < -0.39 is 5.91 Å². The lowest BCUT2D eigenvalue weighted by atomic mass is 9.93. The van der Waals surface area contributed by atoms with Crippen LogP contribution < -0.4 is 10.5 Å². The van der Waals surface area contributed by atoms with E-state index in [0.717, 1.165) is 33.7 Å². The molecular weight excluding hydrogens is 266 g/mol. The number of H-pyrrole nitrogens is 1. The number of ether oxygens (including phenoxy) is 1. The molecule has 0 radical (unpaired) electrons. The van der Waals surface area contributed by atoms with Gasteiger partial charge in [0.15, 0.2) is 0 Å². The molecule has 2 heterocycles. The first-order valence-electron chi connectivity index (χ1n) is 7.14. The number of nitrogens with one attached hydrogen (secondary N) is 1. The van der Waals surface area contributed by atoms with Crippen molar-refractivity contribution in [3.05, 3.63) is 34.5 Å². The van der Waals surface area contributed by atoms with Gasteiger partial charge >= 0.3 is 0 Å². The molecule has 1 aliphatic heterocycles. The van der Waals surface area contributed by atoms with Gasteiger partial charge in [-0.15, -0.1) is 0 Å². The minimum absolute atomic E-state index is 0.357. The van der Waals surface area contributed by atoms with E-state index in [1.165, 1.54) is 0 Å². The van der Waals surface area contributed by atoms with Gasteiger partial charge in [-0.3, -0.25) is 9.89 Å². The summed E-state index contributed by atoms with van der Waals surface area (Å²) in [6.07, 6.45) is 0.621. The predicted molar refractivity (Wildman–Crippen MR) is 80.6 cm³/mol. The zero-order valence-corrected chi connectivity index (χ0v) is 12.5. The topological polar surface area (TPSA) is 81.0 Å². The van der Waals surface area contributed by atoms with Crippen LogP contribution in [0.3, 0.4) is 0 Å². The molecule has 0 saturated heterocycles. The van der Waals surface area contributed by atoms with Crippen LogP contribution in [-0.4, -0.2) is 22.7 Å². The highest BCUT2D eigenvalue weighted by Crippen LogP contribution is 2.42. The highest BCUT2D eigenvalue weighted by molar-refractivity contribution is 5.95. The molecule has 2 aromatic rings. The molecule has 0 atom stereocenters. The van der Waals surface area contributed by atoms with E-state index in [1.54, 1.807) is 0 Å². The Bertz CT molecular complexity index is 717. The zero-order chi connectivity index (χ0) is 15.1. The summed E-state index contributed by atoms with van der Waals surface area (Å²) in [6, 6.07) is 4.18. The molecule has 1 aromatic carbocycles. The second kappa shape index (κ2) is 4.91. The molecule has 0 spiro atoms. The monoisotopic (exact) mass is 285 g/mol. The highest BCUT2D eigenvalue weighted by atomic mass is 16.5. The average Bonchev–Trinajstić information content (AvgIpc) is 2.73. The number of aryl methyl sites for hydroxylation is 1. The lowest BCUT2D eigenvalue weighted by Gasteiger charge is -2.17. The standard InChI is InChI=1S/C16H19N3O2/c1-8(2)10-5-4-9(3)12-13-11(6-7-21-15(10)12)14(16(17)20)19-18-13/h4-5,8H,6-7H2,1-3H3,(H2,17,20)(H,18,19). The van der Waals surface area contributed by atoms with Crippen molar-refractivity contribution < 1.29 is 9.53 Å². The Morgan fingerprint density at radius 3 is 2.86 bits per heavy atom. The first-order chi connectivity index (χ1) is 10.0. The van der Waals surface area contributed by atoms with E-state index >= 15 is 0 Å². The zero-order valence-electron chi connectivity index (χ0n) is 12.5. The molecule has 110 valence electrons. The van der Waals surface area contributed by atoms with Crippen molar-refractivity contribution in [1.29, 1.82) is 0 Å². The maximum Gasteiger partial charge on any atom is 0.267 e. The Morgan fingerprint density at radius 1 is 1.43 bits per heavy atom. The normalized spacial score (nSPS) is 13.3. The van der Waals surface area contributed by atoms with E-state index in [4.69, 9.17) is 10.5 Å². The number of nitrogens with zero attached hydrogens (tertiary/aromatic N) is 1. The Morgan fingerprint density at radius 2 is 2.19 bits per heavy atom. The van der Waals surface area contributed by atoms with Crippen molar-refractivity contribution in [2.24, 2.45) is 5.73 Å². The van der Waals surface area contributed by atoms with Gasteiger partial charge in [0.2, 0.25) is 0 Å². The van der Waals surface area contributed by atoms with Crippen LogP contribution >= 0.6 is 0 Å². The van der Waals surface area contributed by atoms with Crippen molar-refractivity contribution in [3.8, 4) is 17.0 Å². The third kappa shape index (κ3) is 2.09. The second-order valence-corrected chi connectivity index (χ2v) is 5.72. The molecule has 3 N–H and O–H groups in total. The first kappa shape index (κ1) is 13.7. The molecule has 0 saturated carbocycles. The summed E-state index contributed by atoms with van der Waals surface area (Å²) >= 11 is 0. The molecule has 1 aliphatic rings. The number of benzene rings is 1. The number of amides is 1. The van der Waals surface area contributed by atoms with Gasteiger partial charge in [0.1, 0.15) is 17.1 Å². The Kier molecular flexibility index (Phi) is 3.20. The summed E-state index contributed by atoms with van der Waals surface area (Å²) in [4.78, 5) is 11.5. The SMILES string of the molecule is Cc1ccc(C(C)C)c2c1-c1n[nH]c(C(N)=O)c1CCO2. The number of aromatic amines is 1. The number of aromatic nitrogens is 2. The Balaban J connectivity index is 2.30. The van der Waals surface area contributed by atoms with Crippen LogP contribution in [0.15, 0.2) is 12.1 Å². The molecular formula is C16H19N3O2. The largest absolute Gasteiger partial charge is 0.492 e. The fourth-order valence-electron chi connectivity index (χ4n) is 2.88. The van der Waals surface area contributed by atoms with Crippen LogP contribution in [-0.2, 0) is 6.42 Å². The molecule has 5 heteroatoms. The number of hydrogen-bond acceptors (Lipinski definition) is 3. The maximum atomic E-state index is 11.5. The number of hydrogen-bond donors (Lipinski definition) is 2. The highest BCUT2D eigenvalue weighted by Gasteiger charge is 2.27. The van der Waals surface area contributed by atoms with Crippen LogP contribution in [0.25, 0.3) is 11.3 Å². The lowest BCUT2D eigenvalue weighted by Crippen LogP contribution is -2.14. The van der Waals surface area contributed by atoms with Crippen LogP contribution in [0, 0.1) is 6.92 Å². The summed E-state index contributed by atoms with van der Waals surface area (Å²) < 4.78 is 5.99. The molecule has 21 heavy (non-hydrogen) atoms. The van der Waals surface area contributed by atoms with Crippen molar-refractivity contribution >= 4 is 5.91 Å². The quantitative estimate of drug-likeness (QED) is 0.889. The van der Waals surface area contributed by atoms with E-state index in [2.05, 4.69) is 36.2 Å². The molecule has 0 aliphatic carbocycles.